The Kier molecular flexibility index (Phi) is 5.78. The van der Waals surface area contributed by atoms with Crippen LogP contribution in [0.4, 0.5) is 8.78 Å². The van der Waals surface area contributed by atoms with Gasteiger partial charge in [-0.2, -0.15) is 0 Å². The van der Waals surface area contributed by atoms with Crippen LogP contribution in [0.25, 0.3) is 0 Å². The van der Waals surface area contributed by atoms with Crippen molar-refractivity contribution in [3.8, 4) is 5.75 Å². The van der Waals surface area contributed by atoms with Crippen LogP contribution in [0, 0.1) is 16.4 Å². The van der Waals surface area contributed by atoms with Gasteiger partial charge in [0.05, 0.1) is 6.04 Å². The van der Waals surface area contributed by atoms with E-state index in [1.165, 1.54) is 6.07 Å². The third-order valence-corrected chi connectivity index (χ3v) is 4.16. The molecule has 0 saturated carbocycles. The van der Waals surface area contributed by atoms with Crippen molar-refractivity contribution >= 4 is 24.6 Å². The molecule has 0 amide bonds. The highest BCUT2D eigenvalue weighted by atomic mass is 35.5. The molecule has 2 heterocycles. The summed E-state index contributed by atoms with van der Waals surface area (Å²) in [4.78, 5) is 3.04. The molecule has 2 N–H and O–H groups in total. The summed E-state index contributed by atoms with van der Waals surface area (Å²) in [5, 5.41) is 3.09. The molecule has 0 fully saturated rings. The zero-order chi connectivity index (χ0) is 15.7. The first kappa shape index (κ1) is 17.9. The summed E-state index contributed by atoms with van der Waals surface area (Å²) in [6, 6.07) is 2.10. The zero-order valence-electron chi connectivity index (χ0n) is 12.6. The van der Waals surface area contributed by atoms with Crippen LogP contribution in [0.1, 0.15) is 17.3 Å². The fourth-order valence-electron chi connectivity index (χ4n) is 2.85. The van der Waals surface area contributed by atoms with Crippen LogP contribution in [0.5, 0.6) is 5.75 Å². The second-order valence-corrected chi connectivity index (χ2v) is 5.74. The van der Waals surface area contributed by atoms with Crippen LogP contribution in [0.3, 0.4) is 0 Å². The molecular weight excluding hydrogens is 344 g/mol. The van der Waals surface area contributed by atoms with Gasteiger partial charge in [-0.05, 0) is 25.3 Å². The maximum absolute atomic E-state index is 13.7. The summed E-state index contributed by atoms with van der Waals surface area (Å²) < 4.78 is 35.2. The van der Waals surface area contributed by atoms with E-state index < -0.39 is 11.6 Å². The Labute approximate surface area is 144 Å². The Balaban J connectivity index is 0.00000192. The van der Waals surface area contributed by atoms with Gasteiger partial charge >= 0.3 is 0 Å². The molecule has 1 aliphatic heterocycles. The van der Waals surface area contributed by atoms with Crippen molar-refractivity contribution in [2.75, 3.05) is 20.2 Å². The number of H-pyrrole nitrogens is 1. The molecule has 1 atom stereocenters. The average molecular weight is 362 g/mol. The van der Waals surface area contributed by atoms with E-state index in [0.717, 1.165) is 24.7 Å². The summed E-state index contributed by atoms with van der Waals surface area (Å²) in [6.07, 6.45) is 3.18. The van der Waals surface area contributed by atoms with Crippen molar-refractivity contribution in [3.63, 3.8) is 0 Å². The van der Waals surface area contributed by atoms with E-state index in [-0.39, 0.29) is 24.2 Å². The molecule has 0 bridgehead atoms. The second kappa shape index (κ2) is 7.42. The predicted molar refractivity (Wildman–Crippen MR) is 89.1 cm³/mol. The highest BCUT2D eigenvalue weighted by Crippen LogP contribution is 2.33. The third-order valence-electron chi connectivity index (χ3n) is 3.85. The van der Waals surface area contributed by atoms with E-state index in [4.69, 9.17) is 17.0 Å². The van der Waals surface area contributed by atoms with Crippen LogP contribution >= 0.6 is 24.6 Å². The summed E-state index contributed by atoms with van der Waals surface area (Å²) in [5.74, 6) is -1.09. The van der Waals surface area contributed by atoms with Crippen LogP contribution in [0.2, 0.25) is 0 Å². The molecule has 0 radical (unpaired) electrons. The van der Waals surface area contributed by atoms with E-state index in [0.29, 0.717) is 23.4 Å². The molecule has 8 heteroatoms. The summed E-state index contributed by atoms with van der Waals surface area (Å²) in [5.41, 5.74) is 1.59. The lowest BCUT2D eigenvalue weighted by molar-refractivity contribution is 0.210. The number of likely N-dealkylation sites (N-methyl/N-ethyl adjacent to an activating group) is 1. The maximum atomic E-state index is 13.7. The van der Waals surface area contributed by atoms with Crippen molar-refractivity contribution in [2.24, 2.45) is 0 Å². The van der Waals surface area contributed by atoms with Crippen molar-refractivity contribution in [1.29, 1.82) is 0 Å². The number of hydrogen-bond acceptors (Lipinski definition) is 3. The number of nitrogens with zero attached hydrogens (tertiary/aromatic N) is 1. The van der Waals surface area contributed by atoms with Crippen LogP contribution in [-0.4, -0.2) is 29.8 Å². The molecule has 126 valence electrons. The molecule has 1 unspecified atom stereocenters. The van der Waals surface area contributed by atoms with Crippen LogP contribution in [0.15, 0.2) is 18.3 Å². The van der Waals surface area contributed by atoms with Crippen LogP contribution < -0.4 is 10.1 Å². The fraction of sp³-hybridized carbons (Fsp3) is 0.400. The van der Waals surface area contributed by atoms with E-state index in [1.54, 1.807) is 0 Å². The number of nitrogens with one attached hydrogen (secondary N) is 2. The first-order valence-corrected chi connectivity index (χ1v) is 7.55. The fourth-order valence-corrected chi connectivity index (χ4v) is 3.17. The number of fused-ring (bicyclic) bond motifs is 1. The van der Waals surface area contributed by atoms with E-state index in [9.17, 15) is 8.78 Å². The Morgan fingerprint density at radius 2 is 2.22 bits per heavy atom. The highest BCUT2D eigenvalue weighted by molar-refractivity contribution is 7.71. The lowest BCUT2D eigenvalue weighted by Crippen LogP contribution is -2.27. The predicted octanol–water partition coefficient (Wildman–Crippen LogP) is 3.18. The van der Waals surface area contributed by atoms with Gasteiger partial charge in [-0.3, -0.25) is 0 Å². The Morgan fingerprint density at radius 1 is 1.43 bits per heavy atom. The largest absolute Gasteiger partial charge is 0.488 e. The number of benzene rings is 1. The smallest absolute Gasteiger partial charge is 0.177 e. The van der Waals surface area contributed by atoms with E-state index in [2.05, 4.69) is 10.3 Å². The van der Waals surface area contributed by atoms with Crippen molar-refractivity contribution in [2.45, 2.75) is 18.9 Å². The van der Waals surface area contributed by atoms with Crippen LogP contribution in [-0.2, 0) is 12.8 Å². The summed E-state index contributed by atoms with van der Waals surface area (Å²) in [7, 11) is 1.89. The molecule has 23 heavy (non-hydrogen) atoms. The van der Waals surface area contributed by atoms with E-state index >= 15 is 0 Å². The first-order chi connectivity index (χ1) is 10.6. The van der Waals surface area contributed by atoms with Gasteiger partial charge in [0.2, 0.25) is 0 Å². The Bertz CT molecular complexity index is 747. The highest BCUT2D eigenvalue weighted by Gasteiger charge is 2.26. The number of ether oxygens (including phenoxy) is 1. The molecule has 3 rings (SSSR count). The molecule has 0 aliphatic carbocycles. The second-order valence-electron chi connectivity index (χ2n) is 5.35. The topological polar surface area (TPSA) is 42.0 Å². The van der Waals surface area contributed by atoms with Gasteiger partial charge in [-0.15, -0.1) is 12.4 Å². The monoisotopic (exact) mass is 361 g/mol. The average Bonchev–Trinajstić information content (AvgIpc) is 2.85. The summed E-state index contributed by atoms with van der Waals surface area (Å²) >= 11 is 5.34. The number of rotatable bonds is 4. The molecule has 0 saturated heterocycles. The van der Waals surface area contributed by atoms with Crippen molar-refractivity contribution in [3.05, 3.63) is 46.0 Å². The molecule has 4 nitrogen and oxygen atoms in total. The lowest BCUT2D eigenvalue weighted by atomic mass is 10.0. The number of halogens is 3. The number of imidazole rings is 1. The van der Waals surface area contributed by atoms with E-state index in [1.807, 2.05) is 17.8 Å². The van der Waals surface area contributed by atoms with Gasteiger partial charge in [-0.25, -0.2) is 8.78 Å². The van der Waals surface area contributed by atoms with Gasteiger partial charge in [0.15, 0.2) is 16.3 Å². The molecule has 1 aliphatic rings. The lowest BCUT2D eigenvalue weighted by Gasteiger charge is -2.28. The minimum absolute atomic E-state index is 0. The molecule has 0 spiro atoms. The van der Waals surface area contributed by atoms with Gasteiger partial charge in [0.25, 0.3) is 0 Å². The molecular formula is C15H18ClF2N3OS. The zero-order valence-corrected chi connectivity index (χ0v) is 14.2. The minimum Gasteiger partial charge on any atom is -0.488 e. The molecule has 1 aromatic heterocycles. The number of hydrogen-bond donors (Lipinski definition) is 2. The quantitative estimate of drug-likeness (QED) is 0.822. The third kappa shape index (κ3) is 3.57. The minimum atomic E-state index is -0.651. The first-order valence-electron chi connectivity index (χ1n) is 7.14. The number of aromatic amines is 1. The van der Waals surface area contributed by atoms with Gasteiger partial charge < -0.3 is 19.6 Å². The Morgan fingerprint density at radius 3 is 2.96 bits per heavy atom. The van der Waals surface area contributed by atoms with Gasteiger partial charge in [0, 0.05) is 42.9 Å². The normalized spacial score (nSPS) is 16.4. The van der Waals surface area contributed by atoms with Crippen molar-refractivity contribution in [1.82, 2.24) is 14.9 Å². The molecule has 1 aromatic carbocycles. The van der Waals surface area contributed by atoms with Gasteiger partial charge in [0.1, 0.15) is 12.4 Å². The summed E-state index contributed by atoms with van der Waals surface area (Å²) in [6.45, 7) is 1.13. The van der Waals surface area contributed by atoms with Crippen molar-refractivity contribution < 1.29 is 13.5 Å². The number of aromatic nitrogens is 2. The molecule has 2 aromatic rings. The van der Waals surface area contributed by atoms with Gasteiger partial charge in [-0.1, -0.05) is 0 Å². The maximum Gasteiger partial charge on any atom is 0.177 e. The standard InChI is InChI=1S/C15H17F2N3OS.ClH/c1-18-3-2-11-7-19-15(22)20(11)12-5-9-4-10(16)6-13(17)14(9)21-8-12;/h4,6-7,12,18H,2-3,5,8H2,1H3,(H,19,22);1H. The SMILES string of the molecule is CNCCc1c[nH]c(=S)n1C1COc2c(F)cc(F)cc2C1.Cl. The Hall–Kier alpha value is -1.44.